The monoisotopic (exact) mass is 414 g/mol. The first-order valence-corrected chi connectivity index (χ1v) is 9.64. The molecule has 152 valence electrons. The van der Waals surface area contributed by atoms with E-state index in [1.165, 1.54) is 4.90 Å². The number of hydrogen-bond acceptors (Lipinski definition) is 5. The summed E-state index contributed by atoms with van der Waals surface area (Å²) in [5.41, 5.74) is 2.21. The lowest BCUT2D eigenvalue weighted by Crippen LogP contribution is -2.35. The Morgan fingerprint density at radius 3 is 2.69 bits per heavy atom. The van der Waals surface area contributed by atoms with Gasteiger partial charge in [-0.3, -0.25) is 4.79 Å². The highest BCUT2D eigenvalue weighted by molar-refractivity contribution is 6.50. The van der Waals surface area contributed by atoms with Crippen LogP contribution in [0.2, 0.25) is 0 Å². The van der Waals surface area contributed by atoms with E-state index in [0.717, 1.165) is 11.1 Å². The van der Waals surface area contributed by atoms with Crippen LogP contribution in [0.4, 0.5) is 0 Å². The number of nitrogens with zero attached hydrogens (tertiary/aromatic N) is 2. The fourth-order valence-corrected chi connectivity index (χ4v) is 2.97. The Bertz CT molecular complexity index is 1010. The molecule has 1 atom stereocenters. The van der Waals surface area contributed by atoms with Crippen molar-refractivity contribution in [3.05, 3.63) is 53.9 Å². The number of para-hydroxylation sites is 2. The van der Waals surface area contributed by atoms with Crippen molar-refractivity contribution in [1.29, 1.82) is 0 Å². The van der Waals surface area contributed by atoms with E-state index in [-0.39, 0.29) is 5.91 Å². The number of halogens is 1. The topological polar surface area (TPSA) is 64.8 Å². The van der Waals surface area contributed by atoms with Gasteiger partial charge in [0.15, 0.2) is 23.2 Å². The summed E-state index contributed by atoms with van der Waals surface area (Å²) in [6.07, 6.45) is 1.11. The van der Waals surface area contributed by atoms with Gasteiger partial charge in [-0.1, -0.05) is 29.8 Å². The minimum atomic E-state index is -0.631. The zero-order chi connectivity index (χ0) is 21.0. The Labute approximate surface area is 174 Å². The van der Waals surface area contributed by atoms with Crippen molar-refractivity contribution in [2.24, 2.45) is 0 Å². The molecule has 0 N–H and O–H groups in total. The van der Waals surface area contributed by atoms with Gasteiger partial charge in [0.05, 0.1) is 6.61 Å². The largest absolute Gasteiger partial charge is 0.490 e. The van der Waals surface area contributed by atoms with Crippen molar-refractivity contribution in [1.82, 2.24) is 9.88 Å². The first-order chi connectivity index (χ1) is 13.9. The van der Waals surface area contributed by atoms with Gasteiger partial charge < -0.3 is 18.8 Å². The first-order valence-electron chi connectivity index (χ1n) is 9.27. The lowest BCUT2D eigenvalue weighted by molar-refractivity contribution is -0.135. The molecule has 1 amide bonds. The summed E-state index contributed by atoms with van der Waals surface area (Å²) in [6.45, 7) is 4.04. The van der Waals surface area contributed by atoms with Crippen LogP contribution in [0.25, 0.3) is 22.2 Å². The molecule has 0 fully saturated rings. The number of aromatic nitrogens is 1. The van der Waals surface area contributed by atoms with Crippen LogP contribution in [0.3, 0.4) is 0 Å². The van der Waals surface area contributed by atoms with E-state index in [4.69, 9.17) is 25.5 Å². The second-order valence-corrected chi connectivity index (χ2v) is 7.02. The average Bonchev–Trinajstić information content (AvgIpc) is 3.14. The highest BCUT2D eigenvalue weighted by Crippen LogP contribution is 2.32. The maximum Gasteiger partial charge on any atom is 0.262 e. The van der Waals surface area contributed by atoms with E-state index >= 15 is 0 Å². The second-order valence-electron chi connectivity index (χ2n) is 6.61. The Balaban J connectivity index is 1.86. The van der Waals surface area contributed by atoms with E-state index in [2.05, 4.69) is 4.98 Å². The van der Waals surface area contributed by atoms with Crippen LogP contribution in [0, 0.1) is 0 Å². The molecular weight excluding hydrogens is 392 g/mol. The predicted molar refractivity (Wildman–Crippen MR) is 114 cm³/mol. The average molecular weight is 415 g/mol. The number of benzene rings is 2. The normalized spacial score (nSPS) is 12.7. The molecule has 0 aliphatic rings. The lowest BCUT2D eigenvalue weighted by atomic mass is 10.2. The summed E-state index contributed by atoms with van der Waals surface area (Å²) in [6, 6.07) is 12.9. The van der Waals surface area contributed by atoms with Gasteiger partial charge in [-0.25, -0.2) is 4.98 Å². The SMILES string of the molecule is CCOc1cc(/C=C(\Cl)c2nc3ccccc3o2)ccc1OC(C)C(=O)N(C)C. The summed E-state index contributed by atoms with van der Waals surface area (Å²) in [5.74, 6) is 1.23. The number of likely N-dealkylation sites (N-methyl/N-ethyl adjacent to an activating group) is 1. The number of ether oxygens (including phenoxy) is 2. The maximum absolute atomic E-state index is 12.1. The minimum Gasteiger partial charge on any atom is -0.490 e. The molecule has 0 saturated carbocycles. The highest BCUT2D eigenvalue weighted by Gasteiger charge is 2.19. The van der Waals surface area contributed by atoms with Crippen molar-refractivity contribution in [2.75, 3.05) is 20.7 Å². The molecule has 2 aromatic carbocycles. The summed E-state index contributed by atoms with van der Waals surface area (Å²) in [7, 11) is 3.38. The molecule has 6 nitrogen and oxygen atoms in total. The van der Waals surface area contributed by atoms with Gasteiger partial charge >= 0.3 is 0 Å². The zero-order valence-corrected chi connectivity index (χ0v) is 17.6. The van der Waals surface area contributed by atoms with Crippen LogP contribution in [-0.2, 0) is 4.79 Å². The van der Waals surface area contributed by atoms with E-state index in [1.807, 2.05) is 37.3 Å². The number of hydrogen-bond donors (Lipinski definition) is 0. The lowest BCUT2D eigenvalue weighted by Gasteiger charge is -2.20. The van der Waals surface area contributed by atoms with Gasteiger partial charge in [0.25, 0.3) is 5.91 Å². The zero-order valence-electron chi connectivity index (χ0n) is 16.8. The number of fused-ring (bicyclic) bond motifs is 1. The Morgan fingerprint density at radius 1 is 1.24 bits per heavy atom. The van der Waals surface area contributed by atoms with Crippen molar-refractivity contribution in [2.45, 2.75) is 20.0 Å². The molecule has 0 radical (unpaired) electrons. The van der Waals surface area contributed by atoms with Crippen molar-refractivity contribution < 1.29 is 18.7 Å². The molecule has 0 aliphatic carbocycles. The molecule has 1 aromatic heterocycles. The Morgan fingerprint density at radius 2 is 2.00 bits per heavy atom. The Hall–Kier alpha value is -2.99. The van der Waals surface area contributed by atoms with Crippen molar-refractivity contribution >= 4 is 39.7 Å². The van der Waals surface area contributed by atoms with Crippen LogP contribution in [-0.4, -0.2) is 42.6 Å². The summed E-state index contributed by atoms with van der Waals surface area (Å²) in [4.78, 5) is 18.0. The molecule has 29 heavy (non-hydrogen) atoms. The van der Waals surface area contributed by atoms with E-state index < -0.39 is 6.10 Å². The highest BCUT2D eigenvalue weighted by atomic mass is 35.5. The van der Waals surface area contributed by atoms with Gasteiger partial charge in [0.1, 0.15) is 10.5 Å². The first kappa shape index (κ1) is 20.7. The third-order valence-electron chi connectivity index (χ3n) is 4.15. The molecule has 3 rings (SSSR count). The number of amides is 1. The number of carbonyl (C=O) groups excluding carboxylic acids is 1. The number of rotatable bonds is 7. The van der Waals surface area contributed by atoms with Crippen LogP contribution in [0.1, 0.15) is 25.3 Å². The molecule has 1 unspecified atom stereocenters. The second kappa shape index (κ2) is 9.01. The quantitative estimate of drug-likeness (QED) is 0.554. The van der Waals surface area contributed by atoms with Gasteiger partial charge in [0.2, 0.25) is 5.89 Å². The molecular formula is C22H23ClN2O4. The molecule has 0 saturated heterocycles. The number of carbonyl (C=O) groups is 1. The minimum absolute atomic E-state index is 0.129. The number of oxazole rings is 1. The molecule has 0 bridgehead atoms. The Kier molecular flexibility index (Phi) is 6.44. The fraction of sp³-hybridized carbons (Fsp3) is 0.273. The molecule has 0 spiro atoms. The molecule has 0 aliphatic heterocycles. The van der Waals surface area contributed by atoms with Gasteiger partial charge in [-0.2, -0.15) is 0 Å². The molecule has 1 heterocycles. The third kappa shape index (κ3) is 4.90. The van der Waals surface area contributed by atoms with Gasteiger partial charge in [-0.05, 0) is 49.8 Å². The summed E-state index contributed by atoms with van der Waals surface area (Å²) >= 11 is 6.42. The third-order valence-corrected chi connectivity index (χ3v) is 4.42. The van der Waals surface area contributed by atoms with Gasteiger partial charge in [0, 0.05) is 14.1 Å². The molecule has 7 heteroatoms. The summed E-state index contributed by atoms with van der Waals surface area (Å²) in [5, 5.41) is 0.369. The smallest absolute Gasteiger partial charge is 0.262 e. The van der Waals surface area contributed by atoms with Gasteiger partial charge in [-0.15, -0.1) is 0 Å². The summed E-state index contributed by atoms with van der Waals surface area (Å²) < 4.78 is 17.2. The van der Waals surface area contributed by atoms with Crippen molar-refractivity contribution in [3.8, 4) is 11.5 Å². The van der Waals surface area contributed by atoms with E-state index in [0.29, 0.717) is 34.6 Å². The van der Waals surface area contributed by atoms with E-state index in [1.54, 1.807) is 39.2 Å². The van der Waals surface area contributed by atoms with Crippen LogP contribution in [0.15, 0.2) is 46.9 Å². The molecule has 3 aromatic rings. The van der Waals surface area contributed by atoms with Crippen LogP contribution < -0.4 is 9.47 Å². The van der Waals surface area contributed by atoms with Crippen LogP contribution in [0.5, 0.6) is 11.5 Å². The van der Waals surface area contributed by atoms with E-state index in [9.17, 15) is 4.79 Å². The fourth-order valence-electron chi connectivity index (χ4n) is 2.77. The van der Waals surface area contributed by atoms with Crippen molar-refractivity contribution in [3.63, 3.8) is 0 Å². The standard InChI is InChI=1S/C22H23ClN2O4/c1-5-27-20-13-15(10-11-19(20)28-14(2)22(26)25(3)4)12-16(23)21-24-17-8-6-7-9-18(17)29-21/h6-14H,5H2,1-4H3/b16-12-. The predicted octanol–water partition coefficient (Wildman–Crippen LogP) is 4.82. The maximum atomic E-state index is 12.1. The van der Waals surface area contributed by atoms with Crippen LogP contribution >= 0.6 is 11.6 Å².